The molecule has 0 spiro atoms. The molecule has 2 N–H and O–H groups in total. The molecule has 0 bridgehead atoms. The molecule has 0 aliphatic carbocycles. The average Bonchev–Trinajstić information content (AvgIpc) is 2.45. The van der Waals surface area contributed by atoms with Crippen molar-refractivity contribution >= 4 is 5.91 Å². The van der Waals surface area contributed by atoms with Crippen LogP contribution in [0.3, 0.4) is 0 Å². The molecule has 1 amide bonds. The molecule has 2 fully saturated rings. The van der Waals surface area contributed by atoms with Crippen molar-refractivity contribution in [2.45, 2.75) is 6.42 Å². The van der Waals surface area contributed by atoms with E-state index in [1.165, 1.54) is 0 Å². The number of nitrogens with two attached hydrogens (primary N) is 1. The SMILES string of the molecule is CN1CC(CN2CC(CN)CC2=O)C1. The molecule has 14 heavy (non-hydrogen) atoms. The first-order chi connectivity index (χ1) is 6.69. The van der Waals surface area contributed by atoms with Gasteiger partial charge in [0.15, 0.2) is 0 Å². The molecule has 2 aliphatic rings. The lowest BCUT2D eigenvalue weighted by Crippen LogP contribution is -2.49. The van der Waals surface area contributed by atoms with Crippen molar-refractivity contribution in [3.8, 4) is 0 Å². The van der Waals surface area contributed by atoms with Gasteiger partial charge in [0.2, 0.25) is 5.91 Å². The maximum Gasteiger partial charge on any atom is 0.222 e. The number of hydrogen-bond acceptors (Lipinski definition) is 3. The fraction of sp³-hybridized carbons (Fsp3) is 0.900. The first kappa shape index (κ1) is 9.93. The van der Waals surface area contributed by atoms with Gasteiger partial charge in [-0.15, -0.1) is 0 Å². The summed E-state index contributed by atoms with van der Waals surface area (Å²) < 4.78 is 0. The molecular formula is C10H19N3O. The lowest BCUT2D eigenvalue weighted by molar-refractivity contribution is -0.128. The molecule has 4 nitrogen and oxygen atoms in total. The molecule has 0 aromatic heterocycles. The van der Waals surface area contributed by atoms with E-state index < -0.39 is 0 Å². The van der Waals surface area contributed by atoms with Gasteiger partial charge in [-0.2, -0.15) is 0 Å². The minimum atomic E-state index is 0.301. The summed E-state index contributed by atoms with van der Waals surface area (Å²) in [6.07, 6.45) is 0.666. The Morgan fingerprint density at radius 3 is 2.57 bits per heavy atom. The number of carbonyl (C=O) groups is 1. The highest BCUT2D eigenvalue weighted by Gasteiger charge is 2.33. The molecule has 4 heteroatoms. The van der Waals surface area contributed by atoms with Crippen molar-refractivity contribution in [3.63, 3.8) is 0 Å². The number of likely N-dealkylation sites (tertiary alicyclic amines) is 2. The summed E-state index contributed by atoms with van der Waals surface area (Å²) >= 11 is 0. The van der Waals surface area contributed by atoms with Crippen LogP contribution < -0.4 is 5.73 Å². The maximum atomic E-state index is 11.6. The third-order valence-electron chi connectivity index (χ3n) is 3.25. The van der Waals surface area contributed by atoms with Crippen molar-refractivity contribution in [2.24, 2.45) is 17.6 Å². The van der Waals surface area contributed by atoms with Crippen molar-refractivity contribution < 1.29 is 4.79 Å². The number of carbonyl (C=O) groups excluding carboxylic acids is 1. The molecule has 2 heterocycles. The number of hydrogen-bond donors (Lipinski definition) is 1. The normalized spacial score (nSPS) is 29.7. The smallest absolute Gasteiger partial charge is 0.222 e. The monoisotopic (exact) mass is 197 g/mol. The van der Waals surface area contributed by atoms with E-state index in [1.807, 2.05) is 4.90 Å². The lowest BCUT2D eigenvalue weighted by atomic mass is 10.0. The zero-order valence-corrected chi connectivity index (χ0v) is 8.78. The van der Waals surface area contributed by atoms with Crippen molar-refractivity contribution in [2.75, 3.05) is 39.8 Å². The van der Waals surface area contributed by atoms with E-state index in [9.17, 15) is 4.79 Å². The Morgan fingerprint density at radius 2 is 2.07 bits per heavy atom. The minimum absolute atomic E-state index is 0.301. The van der Waals surface area contributed by atoms with Crippen LogP contribution in [0, 0.1) is 11.8 Å². The predicted molar refractivity (Wildman–Crippen MR) is 54.7 cm³/mol. The van der Waals surface area contributed by atoms with Crippen LogP contribution in [-0.4, -0.2) is 55.5 Å². The van der Waals surface area contributed by atoms with Gasteiger partial charge in [-0.3, -0.25) is 4.79 Å². The van der Waals surface area contributed by atoms with E-state index in [2.05, 4.69) is 11.9 Å². The van der Waals surface area contributed by atoms with Crippen LogP contribution in [-0.2, 0) is 4.79 Å². The summed E-state index contributed by atoms with van der Waals surface area (Å²) in [7, 11) is 2.12. The van der Waals surface area contributed by atoms with Gasteiger partial charge in [0.1, 0.15) is 0 Å². The van der Waals surface area contributed by atoms with Gasteiger partial charge in [-0.1, -0.05) is 0 Å². The molecule has 0 aromatic carbocycles. The topological polar surface area (TPSA) is 49.6 Å². The molecule has 2 saturated heterocycles. The molecule has 1 atom stereocenters. The highest BCUT2D eigenvalue weighted by molar-refractivity contribution is 5.78. The highest BCUT2D eigenvalue weighted by atomic mass is 16.2. The van der Waals surface area contributed by atoms with Gasteiger partial charge in [0, 0.05) is 38.5 Å². The third kappa shape index (κ3) is 1.91. The minimum Gasteiger partial charge on any atom is -0.342 e. The van der Waals surface area contributed by atoms with Gasteiger partial charge < -0.3 is 15.5 Å². The van der Waals surface area contributed by atoms with E-state index in [0.717, 1.165) is 26.2 Å². The summed E-state index contributed by atoms with van der Waals surface area (Å²) in [5.74, 6) is 1.40. The second-order valence-electron chi connectivity index (χ2n) is 4.69. The second kappa shape index (κ2) is 3.87. The summed E-state index contributed by atoms with van der Waals surface area (Å²) in [5.41, 5.74) is 5.57. The van der Waals surface area contributed by atoms with Crippen molar-refractivity contribution in [1.29, 1.82) is 0 Å². The first-order valence-electron chi connectivity index (χ1n) is 5.35. The summed E-state index contributed by atoms with van der Waals surface area (Å²) in [5, 5.41) is 0. The van der Waals surface area contributed by atoms with E-state index in [1.54, 1.807) is 0 Å². The van der Waals surface area contributed by atoms with Crippen LogP contribution in [0.1, 0.15) is 6.42 Å². The molecular weight excluding hydrogens is 178 g/mol. The Balaban J connectivity index is 1.78. The number of rotatable bonds is 3. The molecule has 2 rings (SSSR count). The summed E-state index contributed by atoms with van der Waals surface area (Å²) in [4.78, 5) is 15.8. The Morgan fingerprint density at radius 1 is 1.36 bits per heavy atom. The van der Waals surface area contributed by atoms with Crippen LogP contribution in [0.5, 0.6) is 0 Å². The van der Waals surface area contributed by atoms with Crippen molar-refractivity contribution in [1.82, 2.24) is 9.80 Å². The second-order valence-corrected chi connectivity index (χ2v) is 4.69. The molecule has 0 saturated carbocycles. The van der Waals surface area contributed by atoms with Gasteiger partial charge in [-0.05, 0) is 19.5 Å². The zero-order chi connectivity index (χ0) is 10.1. The van der Waals surface area contributed by atoms with Gasteiger partial charge >= 0.3 is 0 Å². The number of nitrogens with zero attached hydrogens (tertiary/aromatic N) is 2. The predicted octanol–water partition coefficient (Wildman–Crippen LogP) is -0.645. The van der Waals surface area contributed by atoms with Crippen LogP contribution in [0.15, 0.2) is 0 Å². The van der Waals surface area contributed by atoms with Crippen molar-refractivity contribution in [3.05, 3.63) is 0 Å². The van der Waals surface area contributed by atoms with E-state index >= 15 is 0 Å². The van der Waals surface area contributed by atoms with Crippen LogP contribution >= 0.6 is 0 Å². The lowest BCUT2D eigenvalue weighted by Gasteiger charge is -2.38. The standard InChI is InChI=1S/C10H19N3O/c1-12-4-9(5-12)7-13-6-8(3-11)2-10(13)14/h8-9H,2-7,11H2,1H3. The fourth-order valence-electron chi connectivity index (χ4n) is 2.44. The Kier molecular flexibility index (Phi) is 2.74. The third-order valence-corrected chi connectivity index (χ3v) is 3.25. The maximum absolute atomic E-state index is 11.6. The van der Waals surface area contributed by atoms with E-state index in [0.29, 0.717) is 30.7 Å². The first-order valence-corrected chi connectivity index (χ1v) is 5.35. The van der Waals surface area contributed by atoms with Crippen LogP contribution in [0.4, 0.5) is 0 Å². The van der Waals surface area contributed by atoms with E-state index in [-0.39, 0.29) is 0 Å². The summed E-state index contributed by atoms with van der Waals surface area (Å²) in [6.45, 7) is 4.75. The van der Waals surface area contributed by atoms with Gasteiger partial charge in [0.05, 0.1) is 0 Å². The number of amides is 1. The van der Waals surface area contributed by atoms with Crippen LogP contribution in [0.25, 0.3) is 0 Å². The largest absolute Gasteiger partial charge is 0.342 e. The zero-order valence-electron chi connectivity index (χ0n) is 8.78. The Bertz CT molecular complexity index is 225. The molecule has 1 unspecified atom stereocenters. The molecule has 0 aromatic rings. The molecule has 2 aliphatic heterocycles. The molecule has 0 radical (unpaired) electrons. The Labute approximate surface area is 85.0 Å². The van der Waals surface area contributed by atoms with Gasteiger partial charge in [0.25, 0.3) is 0 Å². The van der Waals surface area contributed by atoms with E-state index in [4.69, 9.17) is 5.73 Å². The van der Waals surface area contributed by atoms with Crippen LogP contribution in [0.2, 0.25) is 0 Å². The fourth-order valence-corrected chi connectivity index (χ4v) is 2.44. The summed E-state index contributed by atoms with van der Waals surface area (Å²) in [6, 6.07) is 0. The quantitative estimate of drug-likeness (QED) is 0.654. The average molecular weight is 197 g/mol. The highest BCUT2D eigenvalue weighted by Crippen LogP contribution is 2.21. The van der Waals surface area contributed by atoms with Gasteiger partial charge in [-0.25, -0.2) is 0 Å². The Hall–Kier alpha value is -0.610. The molecule has 80 valence electrons.